The van der Waals surface area contributed by atoms with Crippen LogP contribution in [0.5, 0.6) is 0 Å². The van der Waals surface area contributed by atoms with Gasteiger partial charge in [-0.1, -0.05) is 42.5 Å². The normalized spacial score (nSPS) is 10.8. The molecular formula is C16H10F2. The Morgan fingerprint density at radius 3 is 2.00 bits per heavy atom. The highest BCUT2D eigenvalue weighted by molar-refractivity contribution is 5.96. The molecule has 0 fully saturated rings. The molecular weight excluding hydrogens is 230 g/mol. The fraction of sp³-hybridized carbons (Fsp3) is 0. The first-order chi connectivity index (χ1) is 8.75. The third kappa shape index (κ3) is 1.76. The number of hydrogen-bond acceptors (Lipinski definition) is 0. The summed E-state index contributed by atoms with van der Waals surface area (Å²) in [7, 11) is 0. The molecule has 3 aromatic rings. The van der Waals surface area contributed by atoms with Gasteiger partial charge in [0, 0.05) is 5.39 Å². The van der Waals surface area contributed by atoms with Crippen LogP contribution in [-0.2, 0) is 0 Å². The molecule has 0 aliphatic rings. The second-order valence-corrected chi connectivity index (χ2v) is 4.15. The minimum absolute atomic E-state index is 0.239. The Morgan fingerprint density at radius 1 is 0.611 bits per heavy atom. The Kier molecular flexibility index (Phi) is 2.56. The van der Waals surface area contributed by atoms with Gasteiger partial charge in [0.25, 0.3) is 0 Å². The monoisotopic (exact) mass is 240 g/mol. The topological polar surface area (TPSA) is 0 Å². The smallest absolute Gasteiger partial charge is 0.131 e. The van der Waals surface area contributed by atoms with E-state index in [0.717, 1.165) is 16.5 Å². The van der Waals surface area contributed by atoms with Gasteiger partial charge in [-0.3, -0.25) is 0 Å². The van der Waals surface area contributed by atoms with Gasteiger partial charge in [-0.15, -0.1) is 0 Å². The molecule has 0 saturated carbocycles. The first-order valence-electron chi connectivity index (χ1n) is 5.69. The van der Waals surface area contributed by atoms with Gasteiger partial charge >= 0.3 is 0 Å². The lowest BCUT2D eigenvalue weighted by Gasteiger charge is -2.07. The van der Waals surface area contributed by atoms with Crippen LogP contribution in [0.1, 0.15) is 0 Å². The van der Waals surface area contributed by atoms with E-state index in [1.807, 2.05) is 12.1 Å². The van der Waals surface area contributed by atoms with Crippen LogP contribution >= 0.6 is 0 Å². The average Bonchev–Trinajstić information content (AvgIpc) is 2.41. The van der Waals surface area contributed by atoms with Gasteiger partial charge in [0.1, 0.15) is 11.6 Å². The lowest BCUT2D eigenvalue weighted by atomic mass is 9.98. The predicted molar refractivity (Wildman–Crippen MR) is 69.3 cm³/mol. The maximum Gasteiger partial charge on any atom is 0.131 e. The van der Waals surface area contributed by atoms with Crippen molar-refractivity contribution >= 4 is 10.8 Å². The summed E-state index contributed by atoms with van der Waals surface area (Å²) in [6, 6.07) is 16.7. The molecule has 3 rings (SSSR count). The largest absolute Gasteiger partial charge is 0.207 e. The van der Waals surface area contributed by atoms with E-state index in [4.69, 9.17) is 0 Å². The molecule has 88 valence electrons. The van der Waals surface area contributed by atoms with Gasteiger partial charge in [-0.2, -0.15) is 0 Å². The van der Waals surface area contributed by atoms with E-state index >= 15 is 0 Å². The van der Waals surface area contributed by atoms with Crippen molar-refractivity contribution in [2.24, 2.45) is 0 Å². The fourth-order valence-corrected chi connectivity index (χ4v) is 2.14. The molecule has 0 aliphatic heterocycles. The SMILES string of the molecule is Fc1ccc(-c2ccc(F)c3ccccc23)cc1. The molecule has 0 aliphatic carbocycles. The van der Waals surface area contributed by atoms with Gasteiger partial charge in [-0.25, -0.2) is 8.78 Å². The third-order valence-electron chi connectivity index (χ3n) is 3.03. The Balaban J connectivity index is 2.30. The van der Waals surface area contributed by atoms with E-state index in [2.05, 4.69) is 0 Å². The van der Waals surface area contributed by atoms with Crippen LogP contribution in [-0.4, -0.2) is 0 Å². The summed E-state index contributed by atoms with van der Waals surface area (Å²) in [5, 5.41) is 1.42. The Hall–Kier alpha value is -2.22. The van der Waals surface area contributed by atoms with Gasteiger partial charge < -0.3 is 0 Å². The van der Waals surface area contributed by atoms with E-state index in [1.54, 1.807) is 30.3 Å². The number of halogens is 2. The Labute approximate surface area is 104 Å². The number of benzene rings is 3. The molecule has 0 radical (unpaired) electrons. The van der Waals surface area contributed by atoms with E-state index in [0.29, 0.717) is 5.39 Å². The fourth-order valence-electron chi connectivity index (χ4n) is 2.14. The van der Waals surface area contributed by atoms with Gasteiger partial charge in [0.15, 0.2) is 0 Å². The van der Waals surface area contributed by atoms with E-state index in [9.17, 15) is 8.78 Å². The van der Waals surface area contributed by atoms with Gasteiger partial charge in [0.2, 0.25) is 0 Å². The Bertz CT molecular complexity index is 700. The van der Waals surface area contributed by atoms with Crippen molar-refractivity contribution in [3.05, 3.63) is 72.3 Å². The summed E-state index contributed by atoms with van der Waals surface area (Å²) in [5.74, 6) is -0.512. The number of rotatable bonds is 1. The predicted octanol–water partition coefficient (Wildman–Crippen LogP) is 4.79. The molecule has 18 heavy (non-hydrogen) atoms. The first kappa shape index (κ1) is 10.9. The standard InChI is InChI=1S/C16H10F2/c17-12-7-5-11(6-8-12)13-9-10-16(18)15-4-2-1-3-14(13)15/h1-10H. The zero-order valence-electron chi connectivity index (χ0n) is 9.53. The van der Waals surface area contributed by atoms with Crippen molar-refractivity contribution in [1.82, 2.24) is 0 Å². The van der Waals surface area contributed by atoms with Crippen LogP contribution in [0.4, 0.5) is 8.78 Å². The van der Waals surface area contributed by atoms with Crippen molar-refractivity contribution < 1.29 is 8.78 Å². The molecule has 0 saturated heterocycles. The highest BCUT2D eigenvalue weighted by Gasteiger charge is 2.07. The van der Waals surface area contributed by atoms with Crippen molar-refractivity contribution in [2.45, 2.75) is 0 Å². The summed E-state index contributed by atoms with van der Waals surface area (Å²) < 4.78 is 26.6. The van der Waals surface area contributed by atoms with Crippen LogP contribution < -0.4 is 0 Å². The quantitative estimate of drug-likeness (QED) is 0.574. The van der Waals surface area contributed by atoms with E-state index in [-0.39, 0.29) is 11.6 Å². The maximum absolute atomic E-state index is 13.7. The van der Waals surface area contributed by atoms with Crippen LogP contribution in [0, 0.1) is 11.6 Å². The summed E-state index contributed by atoms with van der Waals surface area (Å²) in [4.78, 5) is 0. The average molecular weight is 240 g/mol. The molecule has 0 N–H and O–H groups in total. The van der Waals surface area contributed by atoms with Crippen molar-refractivity contribution in [1.29, 1.82) is 0 Å². The van der Waals surface area contributed by atoms with Crippen LogP contribution in [0.2, 0.25) is 0 Å². The van der Waals surface area contributed by atoms with E-state index < -0.39 is 0 Å². The van der Waals surface area contributed by atoms with Gasteiger partial charge in [0.05, 0.1) is 0 Å². The lowest BCUT2D eigenvalue weighted by molar-refractivity contribution is 0.628. The highest BCUT2D eigenvalue weighted by atomic mass is 19.1. The zero-order chi connectivity index (χ0) is 12.5. The van der Waals surface area contributed by atoms with Crippen LogP contribution in [0.15, 0.2) is 60.7 Å². The maximum atomic E-state index is 13.7. The zero-order valence-corrected chi connectivity index (χ0v) is 9.53. The molecule has 0 bridgehead atoms. The van der Waals surface area contributed by atoms with Crippen molar-refractivity contribution in [3.63, 3.8) is 0 Å². The lowest BCUT2D eigenvalue weighted by Crippen LogP contribution is -1.85. The van der Waals surface area contributed by atoms with E-state index in [1.165, 1.54) is 18.2 Å². The second kappa shape index (κ2) is 4.22. The summed E-state index contributed by atoms with van der Waals surface area (Å²) in [6.45, 7) is 0. The first-order valence-corrected chi connectivity index (χ1v) is 5.69. The molecule has 0 atom stereocenters. The molecule has 0 unspecified atom stereocenters. The van der Waals surface area contributed by atoms with Gasteiger partial charge in [-0.05, 0) is 34.7 Å². The summed E-state index contributed by atoms with van der Waals surface area (Å²) in [6.07, 6.45) is 0. The molecule has 0 heterocycles. The molecule has 3 aromatic carbocycles. The molecule has 2 heteroatoms. The highest BCUT2D eigenvalue weighted by Crippen LogP contribution is 2.30. The van der Waals surface area contributed by atoms with Crippen molar-refractivity contribution in [2.75, 3.05) is 0 Å². The molecule has 0 spiro atoms. The third-order valence-corrected chi connectivity index (χ3v) is 3.03. The van der Waals surface area contributed by atoms with Crippen LogP contribution in [0.25, 0.3) is 21.9 Å². The molecule has 0 aromatic heterocycles. The van der Waals surface area contributed by atoms with Crippen LogP contribution in [0.3, 0.4) is 0 Å². The molecule has 0 nitrogen and oxygen atoms in total. The summed E-state index contributed by atoms with van der Waals surface area (Å²) >= 11 is 0. The molecule has 0 amide bonds. The summed E-state index contributed by atoms with van der Waals surface area (Å²) in [5.41, 5.74) is 1.79. The Morgan fingerprint density at radius 2 is 1.28 bits per heavy atom. The van der Waals surface area contributed by atoms with Crippen molar-refractivity contribution in [3.8, 4) is 11.1 Å². The number of hydrogen-bond donors (Lipinski definition) is 0. The second-order valence-electron chi connectivity index (χ2n) is 4.15. The minimum Gasteiger partial charge on any atom is -0.207 e. The number of fused-ring (bicyclic) bond motifs is 1. The minimum atomic E-state index is -0.273.